The van der Waals surface area contributed by atoms with Crippen LogP contribution in [0.4, 0.5) is 0 Å². The Morgan fingerprint density at radius 3 is 2.40 bits per heavy atom. The molecule has 2 nitrogen and oxygen atoms in total. The zero-order valence-electron chi connectivity index (χ0n) is 11.7. The fourth-order valence-electron chi connectivity index (χ4n) is 2.64. The number of hydrogen-bond acceptors (Lipinski definition) is 2. The van der Waals surface area contributed by atoms with Crippen molar-refractivity contribution < 1.29 is 4.74 Å². The van der Waals surface area contributed by atoms with Crippen LogP contribution >= 0.6 is 0 Å². The topological polar surface area (TPSA) is 21.3 Å². The molecular formula is C18H21NO. The van der Waals surface area contributed by atoms with Gasteiger partial charge in [0.1, 0.15) is 0 Å². The minimum atomic E-state index is 0.512. The third-order valence-corrected chi connectivity index (χ3v) is 3.84. The Balaban J connectivity index is 1.58. The van der Waals surface area contributed by atoms with E-state index in [2.05, 4.69) is 59.9 Å². The van der Waals surface area contributed by atoms with E-state index in [0.717, 1.165) is 32.6 Å². The van der Waals surface area contributed by atoms with E-state index in [-0.39, 0.29) is 0 Å². The Hall–Kier alpha value is -1.64. The van der Waals surface area contributed by atoms with Gasteiger partial charge in [-0.3, -0.25) is 0 Å². The van der Waals surface area contributed by atoms with E-state index in [0.29, 0.717) is 6.04 Å². The van der Waals surface area contributed by atoms with Crippen molar-refractivity contribution in [2.45, 2.75) is 18.9 Å². The van der Waals surface area contributed by atoms with Crippen LogP contribution in [0.2, 0.25) is 0 Å². The lowest BCUT2D eigenvalue weighted by molar-refractivity contribution is 0.0743. The molecule has 1 aliphatic rings. The largest absolute Gasteiger partial charge is 0.379 e. The van der Waals surface area contributed by atoms with Gasteiger partial charge in [-0.05, 0) is 29.5 Å². The molecule has 0 aromatic heterocycles. The maximum absolute atomic E-state index is 5.48. The summed E-state index contributed by atoms with van der Waals surface area (Å²) in [6.07, 6.45) is 2.25. The first-order valence-corrected chi connectivity index (χ1v) is 7.37. The van der Waals surface area contributed by atoms with Crippen LogP contribution in [-0.2, 0) is 11.2 Å². The Labute approximate surface area is 120 Å². The van der Waals surface area contributed by atoms with E-state index in [9.17, 15) is 0 Å². The molecule has 2 aromatic carbocycles. The van der Waals surface area contributed by atoms with Crippen LogP contribution in [0.3, 0.4) is 0 Å². The van der Waals surface area contributed by atoms with E-state index in [4.69, 9.17) is 4.74 Å². The lowest BCUT2D eigenvalue weighted by atomic mass is 10.0. The summed E-state index contributed by atoms with van der Waals surface area (Å²) in [6.45, 7) is 2.68. The Morgan fingerprint density at radius 1 is 0.950 bits per heavy atom. The van der Waals surface area contributed by atoms with Crippen molar-refractivity contribution >= 4 is 0 Å². The molecule has 0 radical (unpaired) electrons. The molecule has 1 atom stereocenters. The van der Waals surface area contributed by atoms with Crippen molar-refractivity contribution in [1.29, 1.82) is 0 Å². The molecule has 0 amide bonds. The van der Waals surface area contributed by atoms with Crippen LogP contribution in [0.15, 0.2) is 54.6 Å². The van der Waals surface area contributed by atoms with Gasteiger partial charge in [0.25, 0.3) is 0 Å². The van der Waals surface area contributed by atoms with Crippen molar-refractivity contribution in [2.24, 2.45) is 0 Å². The van der Waals surface area contributed by atoms with Crippen LogP contribution in [-0.4, -0.2) is 25.8 Å². The highest BCUT2D eigenvalue weighted by Gasteiger charge is 2.12. The molecule has 2 aromatic rings. The van der Waals surface area contributed by atoms with Gasteiger partial charge in [-0.15, -0.1) is 0 Å². The Morgan fingerprint density at radius 2 is 1.70 bits per heavy atom. The van der Waals surface area contributed by atoms with E-state index in [1.54, 1.807) is 0 Å². The van der Waals surface area contributed by atoms with Crippen LogP contribution in [0, 0.1) is 0 Å². The molecule has 104 valence electrons. The molecule has 0 bridgehead atoms. The number of rotatable bonds is 4. The van der Waals surface area contributed by atoms with E-state index in [1.807, 2.05) is 0 Å². The zero-order chi connectivity index (χ0) is 13.6. The minimum Gasteiger partial charge on any atom is -0.379 e. The summed E-state index contributed by atoms with van der Waals surface area (Å²) < 4.78 is 5.48. The molecule has 1 N–H and O–H groups in total. The van der Waals surface area contributed by atoms with Crippen molar-refractivity contribution in [2.75, 3.05) is 19.8 Å². The maximum atomic E-state index is 5.48. The zero-order valence-corrected chi connectivity index (χ0v) is 11.7. The average Bonchev–Trinajstić information content (AvgIpc) is 2.55. The summed E-state index contributed by atoms with van der Waals surface area (Å²) in [4.78, 5) is 0. The number of morpholine rings is 1. The van der Waals surface area contributed by atoms with Crippen LogP contribution in [0.5, 0.6) is 0 Å². The van der Waals surface area contributed by atoms with Crippen molar-refractivity contribution in [3.8, 4) is 11.1 Å². The van der Waals surface area contributed by atoms with Crippen LogP contribution in [0.25, 0.3) is 11.1 Å². The second-order valence-electron chi connectivity index (χ2n) is 5.33. The molecule has 0 spiro atoms. The summed E-state index contributed by atoms with van der Waals surface area (Å²) in [7, 11) is 0. The predicted molar refractivity (Wildman–Crippen MR) is 82.8 cm³/mol. The Kier molecular flexibility index (Phi) is 4.46. The normalized spacial score (nSPS) is 18.9. The molecule has 20 heavy (non-hydrogen) atoms. The highest BCUT2D eigenvalue weighted by atomic mass is 16.5. The predicted octanol–water partition coefficient (Wildman–Crippen LogP) is 3.27. The van der Waals surface area contributed by atoms with Gasteiger partial charge in [0.05, 0.1) is 13.2 Å². The smallest absolute Gasteiger partial charge is 0.0620 e. The lowest BCUT2D eigenvalue weighted by Crippen LogP contribution is -2.41. The summed E-state index contributed by atoms with van der Waals surface area (Å²) >= 11 is 0. The number of nitrogens with one attached hydrogen (secondary N) is 1. The summed E-state index contributed by atoms with van der Waals surface area (Å²) in [6, 6.07) is 19.9. The first-order valence-electron chi connectivity index (χ1n) is 7.37. The second-order valence-corrected chi connectivity index (χ2v) is 5.33. The van der Waals surface area contributed by atoms with Gasteiger partial charge in [-0.2, -0.15) is 0 Å². The number of aryl methyl sites for hydroxylation is 1. The molecule has 1 aliphatic heterocycles. The van der Waals surface area contributed by atoms with Gasteiger partial charge in [-0.25, -0.2) is 0 Å². The minimum absolute atomic E-state index is 0.512. The molecular weight excluding hydrogens is 246 g/mol. The van der Waals surface area contributed by atoms with Gasteiger partial charge < -0.3 is 10.1 Å². The molecule has 0 saturated carbocycles. The summed E-state index contributed by atoms with van der Waals surface area (Å²) in [5, 5.41) is 3.50. The Bertz CT molecular complexity index is 515. The molecule has 1 saturated heterocycles. The van der Waals surface area contributed by atoms with Crippen LogP contribution < -0.4 is 5.32 Å². The third kappa shape index (κ3) is 3.47. The molecule has 1 heterocycles. The quantitative estimate of drug-likeness (QED) is 0.918. The fourth-order valence-corrected chi connectivity index (χ4v) is 2.64. The SMILES string of the molecule is c1ccc(-c2ccc(CCC3COCCN3)cc2)cc1. The first kappa shape index (κ1) is 13.3. The van der Waals surface area contributed by atoms with Gasteiger partial charge >= 0.3 is 0 Å². The van der Waals surface area contributed by atoms with Gasteiger partial charge in [-0.1, -0.05) is 54.6 Å². The van der Waals surface area contributed by atoms with Crippen molar-refractivity contribution in [3.05, 3.63) is 60.2 Å². The van der Waals surface area contributed by atoms with Crippen molar-refractivity contribution in [3.63, 3.8) is 0 Å². The fraction of sp³-hybridized carbons (Fsp3) is 0.333. The summed E-state index contributed by atoms with van der Waals surface area (Å²) in [5.41, 5.74) is 3.96. The number of benzene rings is 2. The van der Waals surface area contributed by atoms with Gasteiger partial charge in [0.2, 0.25) is 0 Å². The average molecular weight is 267 g/mol. The number of hydrogen-bond donors (Lipinski definition) is 1. The van der Waals surface area contributed by atoms with E-state index < -0.39 is 0 Å². The lowest BCUT2D eigenvalue weighted by Gasteiger charge is -2.23. The standard InChI is InChI=1S/C18H21NO/c1-2-4-16(5-3-1)17-9-6-15(7-10-17)8-11-18-14-20-13-12-19-18/h1-7,9-10,18-19H,8,11-14H2. The molecule has 1 unspecified atom stereocenters. The van der Waals surface area contributed by atoms with Crippen LogP contribution in [0.1, 0.15) is 12.0 Å². The molecule has 3 rings (SSSR count). The monoisotopic (exact) mass is 267 g/mol. The van der Waals surface area contributed by atoms with Crippen molar-refractivity contribution in [1.82, 2.24) is 5.32 Å². The van der Waals surface area contributed by atoms with Gasteiger partial charge in [0.15, 0.2) is 0 Å². The molecule has 0 aliphatic carbocycles. The number of ether oxygens (including phenoxy) is 1. The first-order chi connectivity index (χ1) is 9.92. The third-order valence-electron chi connectivity index (χ3n) is 3.84. The van der Waals surface area contributed by atoms with E-state index >= 15 is 0 Å². The van der Waals surface area contributed by atoms with Gasteiger partial charge in [0, 0.05) is 12.6 Å². The maximum Gasteiger partial charge on any atom is 0.0620 e. The summed E-state index contributed by atoms with van der Waals surface area (Å²) in [5.74, 6) is 0. The molecule has 1 fully saturated rings. The highest BCUT2D eigenvalue weighted by Crippen LogP contribution is 2.20. The molecule has 2 heteroatoms. The highest BCUT2D eigenvalue weighted by molar-refractivity contribution is 5.63. The van der Waals surface area contributed by atoms with E-state index in [1.165, 1.54) is 16.7 Å². The second kappa shape index (κ2) is 6.69.